The molecule has 172 valence electrons. The van der Waals surface area contributed by atoms with Crippen molar-refractivity contribution >= 4 is 17.3 Å². The van der Waals surface area contributed by atoms with E-state index in [0.29, 0.717) is 29.2 Å². The molecule has 2 aromatic heterocycles. The Bertz CT molecular complexity index is 1250. The van der Waals surface area contributed by atoms with Crippen LogP contribution >= 0.6 is 0 Å². The van der Waals surface area contributed by atoms with Crippen LogP contribution in [-0.4, -0.2) is 51.8 Å². The van der Waals surface area contributed by atoms with Gasteiger partial charge in [-0.25, -0.2) is 0 Å². The Morgan fingerprint density at radius 2 is 2.27 bits per heavy atom. The Kier molecular flexibility index (Phi) is 5.13. The van der Waals surface area contributed by atoms with E-state index in [1.54, 1.807) is 24.5 Å². The van der Waals surface area contributed by atoms with Crippen LogP contribution in [0.2, 0.25) is 0 Å². The van der Waals surface area contributed by atoms with Gasteiger partial charge in [0, 0.05) is 0 Å². The van der Waals surface area contributed by atoms with E-state index in [9.17, 15) is 9.18 Å². The number of H-pyrrole nitrogens is 1. The van der Waals surface area contributed by atoms with Gasteiger partial charge < -0.3 is 0 Å². The molecule has 0 spiro atoms. The number of aromatic amines is 1. The average molecular weight is 562 g/mol. The average Bonchev–Trinajstić information content (AvgIpc) is 3.40. The van der Waals surface area contributed by atoms with Crippen molar-refractivity contribution in [3.8, 4) is 22.8 Å². The van der Waals surface area contributed by atoms with Gasteiger partial charge in [-0.1, -0.05) is 0 Å². The van der Waals surface area contributed by atoms with Crippen molar-refractivity contribution in [2.75, 3.05) is 32.1 Å². The molecule has 6 rings (SSSR count). The van der Waals surface area contributed by atoms with Gasteiger partial charge >= 0.3 is 201 Å². The first-order chi connectivity index (χ1) is 16.1. The van der Waals surface area contributed by atoms with Gasteiger partial charge in [0.2, 0.25) is 0 Å². The Morgan fingerprint density at radius 1 is 1.36 bits per heavy atom. The van der Waals surface area contributed by atoms with Crippen molar-refractivity contribution < 1.29 is 40.1 Å². The van der Waals surface area contributed by atoms with Gasteiger partial charge in [-0.3, -0.25) is 0 Å². The predicted octanol–water partition coefficient (Wildman–Crippen LogP) is 0.223. The van der Waals surface area contributed by atoms with Crippen molar-refractivity contribution in [3.05, 3.63) is 53.7 Å². The molecule has 1 aromatic carbocycles. The number of ether oxygens (including phenoxy) is 2. The van der Waals surface area contributed by atoms with Gasteiger partial charge in [0.1, 0.15) is 0 Å². The monoisotopic (exact) mass is 562 g/mol. The molecule has 8 nitrogen and oxygen atoms in total. The quantitative estimate of drug-likeness (QED) is 0.241. The van der Waals surface area contributed by atoms with E-state index >= 15 is 0 Å². The van der Waals surface area contributed by atoms with Gasteiger partial charge in [0.25, 0.3) is 0 Å². The van der Waals surface area contributed by atoms with E-state index in [1.807, 2.05) is 6.07 Å². The van der Waals surface area contributed by atoms with Crippen LogP contribution in [0.4, 0.5) is 15.8 Å². The number of hydrogen-bond acceptors (Lipinski definition) is 6. The molecule has 0 saturated carbocycles. The molecule has 0 radical (unpaired) electrons. The summed E-state index contributed by atoms with van der Waals surface area (Å²) in [7, 11) is 1.43. The summed E-state index contributed by atoms with van der Waals surface area (Å²) >= 11 is -0.386. The van der Waals surface area contributed by atoms with E-state index in [1.165, 1.54) is 13.2 Å². The Balaban J connectivity index is 1.57. The molecule has 0 aliphatic carbocycles. The number of halogens is 2. The molecule has 1 saturated heterocycles. The fraction of sp³-hybridized carbons (Fsp3) is 0.304. The fourth-order valence-electron chi connectivity index (χ4n) is 4.62. The molecule has 1 unspecified atom stereocenters. The topological polar surface area (TPSA) is 91.5 Å². The minimum atomic E-state index is -0.478. The number of rotatable bonds is 3. The third-order valence-corrected chi connectivity index (χ3v) is 9.54. The van der Waals surface area contributed by atoms with E-state index in [0.717, 1.165) is 36.5 Å². The predicted molar refractivity (Wildman–Crippen MR) is 116 cm³/mol. The van der Waals surface area contributed by atoms with E-state index in [-0.39, 0.29) is 43.2 Å². The molecule has 4 bridgehead atoms. The number of para-hydroxylation sites is 1. The molecule has 3 aliphatic rings. The first kappa shape index (κ1) is 20.7. The number of hydrogen-bond donors (Lipinski definition) is 3. The summed E-state index contributed by atoms with van der Waals surface area (Å²) in [6.45, 7) is 2.48. The first-order valence-electron chi connectivity index (χ1n) is 10.8. The standard InChI is InChI=1S/C23H22FIN5O3/c1-32-22-14(24)3-2-4-16(22)28-21-18-20-15(9-27-23(18)31)25-30-8-6-12(11-30)33-17-10-26-7-5-13(17)19(21)29-20/h2-5,7,10,12,15,28-29H,6,8-9,11H2,1H3,(H,27,31)/q-1/t12-,15+/m0/s1. The molecule has 33 heavy (non-hydrogen) atoms. The Hall–Kier alpha value is -2.86. The molecule has 10 heteroatoms. The van der Waals surface area contributed by atoms with E-state index in [2.05, 4.69) is 23.7 Å². The maximum atomic E-state index is 14.4. The maximum absolute atomic E-state index is 14.4. The summed E-state index contributed by atoms with van der Waals surface area (Å²) in [4.78, 5) is 20.9. The summed E-state index contributed by atoms with van der Waals surface area (Å²) in [6, 6.07) is 6.57. The zero-order valence-electron chi connectivity index (χ0n) is 17.8. The van der Waals surface area contributed by atoms with Crippen molar-refractivity contribution in [2.24, 2.45) is 0 Å². The summed E-state index contributed by atoms with van der Waals surface area (Å²) in [5.74, 6) is 0.121. The fourth-order valence-corrected chi connectivity index (χ4v) is 7.96. The minimum absolute atomic E-state index is 0.0927. The molecular weight excluding hydrogens is 540 g/mol. The molecule has 1 fully saturated rings. The van der Waals surface area contributed by atoms with Crippen molar-refractivity contribution in [1.29, 1.82) is 0 Å². The van der Waals surface area contributed by atoms with Crippen LogP contribution in [0.1, 0.15) is 26.4 Å². The van der Waals surface area contributed by atoms with Gasteiger partial charge in [-0.05, 0) is 0 Å². The Morgan fingerprint density at radius 3 is 3.15 bits per heavy atom. The Labute approximate surface area is 200 Å². The number of anilines is 2. The number of carbonyl (C=O) groups is 1. The number of nitrogens with one attached hydrogen (secondary N) is 3. The zero-order valence-corrected chi connectivity index (χ0v) is 20.0. The number of alkyl halides is 1. The van der Waals surface area contributed by atoms with Gasteiger partial charge in [0.15, 0.2) is 0 Å². The summed E-state index contributed by atoms with van der Waals surface area (Å²) in [5, 5.41) is 6.38. The summed E-state index contributed by atoms with van der Waals surface area (Å²) in [6.07, 6.45) is 4.50. The van der Waals surface area contributed by atoms with Crippen LogP contribution in [0.15, 0.2) is 36.7 Å². The molecule has 3 atom stereocenters. The number of benzene rings is 1. The van der Waals surface area contributed by atoms with Crippen LogP contribution in [0, 0.1) is 5.82 Å². The molecule has 3 N–H and O–H groups in total. The number of pyridine rings is 1. The SMILES string of the molecule is COc1c(F)cccc1Nc1c2[nH]c3c1C(=O)NC[C@H]3[I-]N1CC[C@@H](C1)Oc1cnccc1-2. The van der Waals surface area contributed by atoms with Gasteiger partial charge in [-0.2, -0.15) is 0 Å². The molecule has 1 amide bonds. The third kappa shape index (κ3) is 3.52. The number of fused-ring (bicyclic) bond motifs is 5. The third-order valence-electron chi connectivity index (χ3n) is 6.14. The number of amides is 1. The normalized spacial score (nSPS) is 23.3. The number of aromatic nitrogens is 2. The van der Waals surface area contributed by atoms with Crippen LogP contribution in [0.25, 0.3) is 11.3 Å². The summed E-state index contributed by atoms with van der Waals surface area (Å²) in [5.41, 5.74) is 4.04. The second-order valence-electron chi connectivity index (χ2n) is 8.15. The second kappa shape index (κ2) is 8.17. The van der Waals surface area contributed by atoms with Crippen molar-refractivity contribution in [1.82, 2.24) is 18.4 Å². The van der Waals surface area contributed by atoms with Gasteiger partial charge in [-0.15, -0.1) is 0 Å². The second-order valence-corrected chi connectivity index (χ2v) is 11.6. The van der Waals surface area contributed by atoms with Crippen LogP contribution in [0.3, 0.4) is 0 Å². The molecule has 3 aliphatic heterocycles. The first-order valence-corrected chi connectivity index (χ1v) is 13.0. The molecule has 3 aromatic rings. The molecular formula is C23H22FIN5O3-. The zero-order chi connectivity index (χ0) is 22.5. The van der Waals surface area contributed by atoms with E-state index in [4.69, 9.17) is 9.47 Å². The van der Waals surface area contributed by atoms with Gasteiger partial charge in [0.05, 0.1) is 0 Å². The van der Waals surface area contributed by atoms with Crippen molar-refractivity contribution in [3.63, 3.8) is 0 Å². The van der Waals surface area contributed by atoms with Crippen LogP contribution in [-0.2, 0) is 0 Å². The van der Waals surface area contributed by atoms with Crippen LogP contribution in [0.5, 0.6) is 11.5 Å². The van der Waals surface area contributed by atoms with Crippen molar-refractivity contribution in [2.45, 2.75) is 16.4 Å². The number of methoxy groups -OCH3 is 1. The summed E-state index contributed by atoms with van der Waals surface area (Å²) < 4.78 is 28.8. The molecule has 5 heterocycles. The number of nitrogens with zero attached hydrogens (tertiary/aromatic N) is 2. The van der Waals surface area contributed by atoms with E-state index < -0.39 is 5.82 Å². The van der Waals surface area contributed by atoms with Crippen LogP contribution < -0.4 is 41.6 Å². The number of carbonyl (C=O) groups excluding carboxylic acids is 1.